The molecule has 0 atom stereocenters. The molecule has 8 nitrogen and oxygen atoms in total. The van der Waals surface area contributed by atoms with E-state index in [-0.39, 0.29) is 0 Å². The van der Waals surface area contributed by atoms with Gasteiger partial charge in [-0.1, -0.05) is 295 Å². The summed E-state index contributed by atoms with van der Waals surface area (Å²) in [6, 6.07) is 19.5. The zero-order valence-corrected chi connectivity index (χ0v) is 56.6. The molecule has 0 radical (unpaired) electrons. The lowest BCUT2D eigenvalue weighted by Crippen LogP contribution is -2.04. The van der Waals surface area contributed by atoms with Crippen LogP contribution in [0.2, 0.25) is 0 Å². The summed E-state index contributed by atoms with van der Waals surface area (Å²) < 4.78 is 26.5. The highest BCUT2D eigenvalue weighted by molar-refractivity contribution is 5.63. The molecule has 8 heteroatoms. The molecule has 0 bridgehead atoms. The number of hydrogen-bond acceptors (Lipinski definition) is 8. The Morgan fingerprint density at radius 1 is 0.244 bits per heavy atom. The molecule has 0 unspecified atom stereocenters. The quantitative estimate of drug-likeness (QED) is 0.0281. The Hall–Kier alpha value is -6.74. The van der Waals surface area contributed by atoms with E-state index in [9.17, 15) is 0 Å². The van der Waals surface area contributed by atoms with Crippen molar-refractivity contribution in [2.75, 3.05) is 26.4 Å². The van der Waals surface area contributed by atoms with Crippen LogP contribution in [0, 0.1) is 47.4 Å². The highest BCUT2D eigenvalue weighted by atomic mass is 16.5. The van der Waals surface area contributed by atoms with Gasteiger partial charge >= 0.3 is 0 Å². The van der Waals surface area contributed by atoms with E-state index in [0.717, 1.165) is 51.4 Å². The van der Waals surface area contributed by atoms with Crippen molar-refractivity contribution in [3.8, 4) is 70.4 Å². The first-order valence-corrected chi connectivity index (χ1v) is 36.2. The van der Waals surface area contributed by atoms with Gasteiger partial charge in [0.1, 0.15) is 22.8 Å². The fourth-order valence-electron chi connectivity index (χ4n) is 11.0. The van der Waals surface area contributed by atoms with Crippen LogP contribution in [-0.4, -0.2) is 46.4 Å². The van der Waals surface area contributed by atoms with Crippen LogP contribution in [0.4, 0.5) is 0 Å². The van der Waals surface area contributed by atoms with Gasteiger partial charge in [-0.3, -0.25) is 0 Å². The van der Waals surface area contributed by atoms with E-state index in [1.807, 2.05) is 60.7 Å². The monoisotopic (exact) mass is 1220 g/mol. The van der Waals surface area contributed by atoms with E-state index in [4.69, 9.17) is 28.9 Å². The first-order valence-electron chi connectivity index (χ1n) is 36.2. The summed E-state index contributed by atoms with van der Waals surface area (Å²) >= 11 is 0. The van der Waals surface area contributed by atoms with Gasteiger partial charge in [-0.05, 0) is 73.6 Å². The predicted molar refractivity (Wildman–Crippen MR) is 377 cm³/mol. The third-order valence-corrected chi connectivity index (χ3v) is 16.5. The minimum Gasteiger partial charge on any atom is -0.490 e. The number of benzene rings is 2. The van der Waals surface area contributed by atoms with Crippen molar-refractivity contribution in [2.24, 2.45) is 0 Å². The summed E-state index contributed by atoms with van der Waals surface area (Å²) in [6.45, 7) is 11.5. The van der Waals surface area contributed by atoms with E-state index >= 15 is 0 Å². The molecule has 90 heavy (non-hydrogen) atoms. The summed E-state index contributed by atoms with van der Waals surface area (Å²) in [5, 5.41) is 0. The van der Waals surface area contributed by atoms with Crippen molar-refractivity contribution in [1.29, 1.82) is 0 Å². The van der Waals surface area contributed by atoms with Crippen LogP contribution in [0.3, 0.4) is 0 Å². The maximum absolute atomic E-state index is 6.64. The lowest BCUT2D eigenvalue weighted by Gasteiger charge is -2.15. The van der Waals surface area contributed by atoms with E-state index < -0.39 is 0 Å². The van der Waals surface area contributed by atoms with Crippen molar-refractivity contribution in [3.05, 3.63) is 130 Å². The van der Waals surface area contributed by atoms with Crippen molar-refractivity contribution in [3.63, 3.8) is 0 Å². The zero-order valence-electron chi connectivity index (χ0n) is 56.6. The Morgan fingerprint density at radius 2 is 0.478 bits per heavy atom. The minimum absolute atomic E-state index is 0.442. The minimum atomic E-state index is 0.442. The first-order chi connectivity index (χ1) is 44.6. The molecule has 3 aromatic heterocycles. The van der Waals surface area contributed by atoms with Gasteiger partial charge in [0.15, 0.2) is 23.0 Å². The lowest BCUT2D eigenvalue weighted by atomic mass is 10.1. The van der Waals surface area contributed by atoms with Gasteiger partial charge in [0.05, 0.1) is 26.4 Å². The molecule has 0 amide bonds. The smallest absolute Gasteiger partial charge is 0.162 e. The number of pyridine rings is 2. The highest BCUT2D eigenvalue weighted by Gasteiger charge is 2.15. The molecule has 486 valence electrons. The van der Waals surface area contributed by atoms with Gasteiger partial charge in [-0.15, -0.1) is 0 Å². The van der Waals surface area contributed by atoms with Crippen LogP contribution in [-0.2, 0) is 0 Å². The van der Waals surface area contributed by atoms with Gasteiger partial charge in [-0.25, -0.2) is 19.9 Å². The van der Waals surface area contributed by atoms with Gasteiger partial charge in [-0.2, -0.15) is 0 Å². The highest BCUT2D eigenvalue weighted by Crippen LogP contribution is 2.34. The lowest BCUT2D eigenvalue weighted by molar-refractivity contribution is 0.258. The molecule has 0 saturated heterocycles. The third-order valence-electron chi connectivity index (χ3n) is 16.5. The topological polar surface area (TPSA) is 88.5 Å². The number of hydrogen-bond donors (Lipinski definition) is 0. The van der Waals surface area contributed by atoms with Crippen LogP contribution >= 0.6 is 0 Å². The molecule has 5 aromatic rings. The summed E-state index contributed by atoms with van der Waals surface area (Å²) in [6.07, 6.45) is 57.2. The number of rotatable bonds is 48. The molecule has 2 aromatic carbocycles. The predicted octanol–water partition coefficient (Wildman–Crippen LogP) is 22.1. The van der Waals surface area contributed by atoms with Crippen LogP contribution in [0.1, 0.15) is 330 Å². The number of ether oxygens (including phenoxy) is 4. The Balaban J connectivity index is 1.43. The number of unbranched alkanes of at least 4 members (excludes halogenated alkanes) is 36. The van der Waals surface area contributed by atoms with E-state index in [0.29, 0.717) is 94.5 Å². The van der Waals surface area contributed by atoms with E-state index in [1.165, 1.54) is 205 Å². The molecular weight excluding hydrogens is 1100 g/mol. The Kier molecular flexibility index (Phi) is 41.9. The molecular formula is C82H114N4O4. The molecule has 5 rings (SSSR count). The van der Waals surface area contributed by atoms with E-state index in [1.54, 1.807) is 24.8 Å². The second kappa shape index (κ2) is 50.9. The average Bonchev–Trinajstić information content (AvgIpc) is 1.43. The maximum Gasteiger partial charge on any atom is 0.162 e. The molecule has 0 aliphatic rings. The summed E-state index contributed by atoms with van der Waals surface area (Å²) in [5.41, 5.74) is 5.03. The second-order valence-electron chi connectivity index (χ2n) is 24.5. The summed E-state index contributed by atoms with van der Waals surface area (Å²) in [5.74, 6) is 29.7. The van der Waals surface area contributed by atoms with Crippen molar-refractivity contribution < 1.29 is 18.9 Å². The van der Waals surface area contributed by atoms with Gasteiger partial charge in [0, 0.05) is 71.3 Å². The fraction of sp³-hybridized carbons (Fsp3) is 0.585. The van der Waals surface area contributed by atoms with Crippen LogP contribution < -0.4 is 18.9 Å². The fourth-order valence-corrected chi connectivity index (χ4v) is 11.0. The SMILES string of the molecule is CCCCCCCCCCCCOc1cc(C#Cc2ccccn2)c(C#Cc2nccnc2C#Cc2cc(OCCCCCCCCCCCC)c(OCCCCCCCCCCCC)cc2C#Cc2ccccn2)cc1OCCCCCCCCCCCC. The zero-order chi connectivity index (χ0) is 63.3. The molecule has 0 fully saturated rings. The summed E-state index contributed by atoms with van der Waals surface area (Å²) in [7, 11) is 0. The Bertz CT molecular complexity index is 2710. The van der Waals surface area contributed by atoms with Gasteiger partial charge in [0.2, 0.25) is 0 Å². The molecule has 3 heterocycles. The van der Waals surface area contributed by atoms with Crippen molar-refractivity contribution >= 4 is 0 Å². The second-order valence-corrected chi connectivity index (χ2v) is 24.5. The summed E-state index contributed by atoms with van der Waals surface area (Å²) in [4.78, 5) is 18.5. The normalized spacial score (nSPS) is 10.7. The van der Waals surface area contributed by atoms with Crippen LogP contribution in [0.25, 0.3) is 0 Å². The van der Waals surface area contributed by atoms with E-state index in [2.05, 4.69) is 85.0 Å². The standard InChI is InChI=1S/C82H114N4O4/c1-5-9-13-17-21-25-29-33-37-45-63-87-79-67-71(51-55-75-49-41-43-59-83-75)73(69-81(79)89-65-47-39-35-31-27-23-19-15-11-7-3)53-57-77-78(86-62-61-85-77)58-54-74-70-82(90-66-48-40-36-32-28-24-20-16-12-8-4)80(68-72(74)52-56-76-50-42-44-60-84-76)88-64-46-38-34-30-26-22-18-14-10-6-2/h41-44,49-50,59-62,67-70H,5-40,45-48,63-66H2,1-4H3. The van der Waals surface area contributed by atoms with Crippen LogP contribution in [0.5, 0.6) is 23.0 Å². The third kappa shape index (κ3) is 33.9. The number of aromatic nitrogens is 4. The molecule has 0 aliphatic heterocycles. The molecule has 0 saturated carbocycles. The number of nitrogens with zero attached hydrogens (tertiary/aromatic N) is 4. The van der Waals surface area contributed by atoms with Gasteiger partial charge < -0.3 is 18.9 Å². The maximum atomic E-state index is 6.64. The molecule has 0 spiro atoms. The van der Waals surface area contributed by atoms with Crippen LogP contribution in [0.15, 0.2) is 85.5 Å². The largest absolute Gasteiger partial charge is 0.490 e. The molecule has 0 aliphatic carbocycles. The van der Waals surface area contributed by atoms with Gasteiger partial charge in [0.25, 0.3) is 0 Å². The Labute approximate surface area is 547 Å². The van der Waals surface area contributed by atoms with Crippen molar-refractivity contribution in [2.45, 2.75) is 285 Å². The molecule has 0 N–H and O–H groups in total. The first kappa shape index (κ1) is 74.0. The Morgan fingerprint density at radius 3 is 0.711 bits per heavy atom. The van der Waals surface area contributed by atoms with Crippen molar-refractivity contribution in [1.82, 2.24) is 19.9 Å². The average molecular weight is 1220 g/mol.